The standard InChI is InChI=1S/C15H18Cl2N2O5S/c16-11-6-10(25(18,22)23)7-12(17)14(11)19-13(20)8-24-15(21)9-4-2-1-3-5-9/h6-7,9H,1-5,8H2,(H,19,20)(H2,18,22,23). The van der Waals surface area contributed by atoms with Crippen molar-refractivity contribution in [3.8, 4) is 0 Å². The molecular formula is C15H18Cl2N2O5S. The molecule has 1 aliphatic carbocycles. The fraction of sp³-hybridized carbons (Fsp3) is 0.467. The molecule has 0 aliphatic heterocycles. The van der Waals surface area contributed by atoms with E-state index in [1.54, 1.807) is 0 Å². The molecule has 7 nitrogen and oxygen atoms in total. The van der Waals surface area contributed by atoms with Gasteiger partial charge in [0.05, 0.1) is 26.5 Å². The van der Waals surface area contributed by atoms with Crippen molar-refractivity contribution in [1.82, 2.24) is 0 Å². The van der Waals surface area contributed by atoms with Crippen LogP contribution < -0.4 is 10.5 Å². The Morgan fingerprint density at radius 2 is 1.72 bits per heavy atom. The summed E-state index contributed by atoms with van der Waals surface area (Å²) in [7, 11) is -3.98. The molecule has 1 fully saturated rings. The summed E-state index contributed by atoms with van der Waals surface area (Å²) in [6.45, 7) is -0.473. The quantitative estimate of drug-likeness (QED) is 0.726. The lowest BCUT2D eigenvalue weighted by molar-refractivity contribution is -0.152. The molecule has 0 saturated heterocycles. The van der Waals surface area contributed by atoms with Gasteiger partial charge >= 0.3 is 5.97 Å². The summed E-state index contributed by atoms with van der Waals surface area (Å²) in [6.07, 6.45) is 4.61. The zero-order valence-electron chi connectivity index (χ0n) is 13.3. The predicted molar refractivity (Wildman–Crippen MR) is 94.0 cm³/mol. The van der Waals surface area contributed by atoms with Gasteiger partial charge in [-0.3, -0.25) is 9.59 Å². The molecule has 2 rings (SSSR count). The SMILES string of the molecule is NS(=O)(=O)c1cc(Cl)c(NC(=O)COC(=O)C2CCCCC2)c(Cl)c1. The molecule has 0 aromatic heterocycles. The molecule has 0 unspecified atom stereocenters. The van der Waals surface area contributed by atoms with E-state index in [-0.39, 0.29) is 26.5 Å². The van der Waals surface area contributed by atoms with E-state index in [2.05, 4.69) is 5.32 Å². The Morgan fingerprint density at radius 3 is 2.24 bits per heavy atom. The number of rotatable bonds is 5. The summed E-state index contributed by atoms with van der Waals surface area (Å²) in [4.78, 5) is 23.6. The minimum Gasteiger partial charge on any atom is -0.455 e. The number of halogens is 2. The van der Waals surface area contributed by atoms with E-state index in [1.165, 1.54) is 0 Å². The maximum atomic E-state index is 11.9. The number of hydrogen-bond acceptors (Lipinski definition) is 5. The number of carbonyl (C=O) groups excluding carboxylic acids is 2. The summed E-state index contributed by atoms with van der Waals surface area (Å²) < 4.78 is 27.6. The van der Waals surface area contributed by atoms with Crippen LogP contribution in [0.2, 0.25) is 10.0 Å². The van der Waals surface area contributed by atoms with Gasteiger partial charge in [-0.1, -0.05) is 42.5 Å². The lowest BCUT2D eigenvalue weighted by atomic mass is 9.89. The van der Waals surface area contributed by atoms with Gasteiger partial charge in [-0.05, 0) is 25.0 Å². The van der Waals surface area contributed by atoms with Crippen LogP contribution in [0.25, 0.3) is 0 Å². The number of sulfonamides is 1. The number of hydrogen-bond donors (Lipinski definition) is 2. The average molecular weight is 409 g/mol. The minimum absolute atomic E-state index is 0.0226. The highest BCUT2D eigenvalue weighted by Crippen LogP contribution is 2.33. The number of esters is 1. The lowest BCUT2D eigenvalue weighted by Gasteiger charge is -2.19. The third kappa shape index (κ3) is 5.57. The Morgan fingerprint density at radius 1 is 1.16 bits per heavy atom. The van der Waals surface area contributed by atoms with E-state index >= 15 is 0 Å². The van der Waals surface area contributed by atoms with Gasteiger partial charge in [-0.25, -0.2) is 13.6 Å². The average Bonchev–Trinajstić information content (AvgIpc) is 2.55. The van der Waals surface area contributed by atoms with E-state index < -0.39 is 28.5 Å². The van der Waals surface area contributed by atoms with Gasteiger partial charge in [0.1, 0.15) is 0 Å². The molecule has 1 amide bonds. The highest BCUT2D eigenvalue weighted by molar-refractivity contribution is 7.89. The van der Waals surface area contributed by atoms with Crippen molar-refractivity contribution in [2.24, 2.45) is 11.1 Å². The van der Waals surface area contributed by atoms with Crippen LogP contribution in [0.1, 0.15) is 32.1 Å². The zero-order valence-corrected chi connectivity index (χ0v) is 15.6. The van der Waals surface area contributed by atoms with Gasteiger partial charge in [-0.15, -0.1) is 0 Å². The third-order valence-electron chi connectivity index (χ3n) is 3.89. The molecular weight excluding hydrogens is 391 g/mol. The van der Waals surface area contributed by atoms with E-state index in [0.29, 0.717) is 0 Å². The molecule has 0 bridgehead atoms. The first-order chi connectivity index (χ1) is 11.7. The van der Waals surface area contributed by atoms with Crippen molar-refractivity contribution < 1.29 is 22.7 Å². The summed E-state index contributed by atoms with van der Waals surface area (Å²) in [5.74, 6) is -1.18. The van der Waals surface area contributed by atoms with Crippen molar-refractivity contribution in [2.75, 3.05) is 11.9 Å². The van der Waals surface area contributed by atoms with E-state index in [0.717, 1.165) is 44.2 Å². The van der Waals surface area contributed by atoms with Crippen molar-refractivity contribution in [2.45, 2.75) is 37.0 Å². The molecule has 1 aromatic carbocycles. The number of anilines is 1. The van der Waals surface area contributed by atoms with Gasteiger partial charge < -0.3 is 10.1 Å². The highest BCUT2D eigenvalue weighted by atomic mass is 35.5. The van der Waals surface area contributed by atoms with Gasteiger partial charge in [0, 0.05) is 0 Å². The molecule has 25 heavy (non-hydrogen) atoms. The fourth-order valence-electron chi connectivity index (χ4n) is 2.60. The Kier molecular flexibility index (Phi) is 6.67. The number of nitrogens with one attached hydrogen (secondary N) is 1. The van der Waals surface area contributed by atoms with Crippen LogP contribution in [-0.2, 0) is 24.3 Å². The Bertz CT molecular complexity index is 753. The second-order valence-corrected chi connectivity index (χ2v) is 8.17. The summed E-state index contributed by atoms with van der Waals surface area (Å²) in [5.41, 5.74) is 0.0226. The second-order valence-electron chi connectivity index (χ2n) is 5.80. The van der Waals surface area contributed by atoms with Crippen LogP contribution in [0.4, 0.5) is 5.69 Å². The Balaban J connectivity index is 1.97. The maximum Gasteiger partial charge on any atom is 0.309 e. The van der Waals surface area contributed by atoms with E-state index in [9.17, 15) is 18.0 Å². The second kappa shape index (κ2) is 8.35. The molecule has 1 saturated carbocycles. The number of ether oxygens (including phenoxy) is 1. The van der Waals surface area contributed by atoms with Crippen LogP contribution in [0.5, 0.6) is 0 Å². The zero-order chi connectivity index (χ0) is 18.6. The molecule has 0 radical (unpaired) electrons. The van der Waals surface area contributed by atoms with Crippen molar-refractivity contribution in [1.29, 1.82) is 0 Å². The molecule has 0 heterocycles. The van der Waals surface area contributed by atoms with Gasteiger partial charge in [0.25, 0.3) is 5.91 Å². The topological polar surface area (TPSA) is 116 Å². The molecule has 0 atom stereocenters. The van der Waals surface area contributed by atoms with Gasteiger partial charge in [-0.2, -0.15) is 0 Å². The summed E-state index contributed by atoms with van der Waals surface area (Å²) in [6, 6.07) is 2.15. The first-order valence-electron chi connectivity index (χ1n) is 7.67. The van der Waals surface area contributed by atoms with Gasteiger partial charge in [0.15, 0.2) is 6.61 Å². The summed E-state index contributed by atoms with van der Waals surface area (Å²) in [5, 5.41) is 7.22. The monoisotopic (exact) mass is 408 g/mol. The summed E-state index contributed by atoms with van der Waals surface area (Å²) >= 11 is 11.9. The van der Waals surface area contributed by atoms with Gasteiger partial charge in [0.2, 0.25) is 10.0 Å². The van der Waals surface area contributed by atoms with E-state index in [4.69, 9.17) is 33.1 Å². The largest absolute Gasteiger partial charge is 0.455 e. The lowest BCUT2D eigenvalue weighted by Crippen LogP contribution is -2.26. The molecule has 10 heteroatoms. The molecule has 138 valence electrons. The van der Waals surface area contributed by atoms with Crippen LogP contribution in [0.15, 0.2) is 17.0 Å². The number of benzene rings is 1. The van der Waals surface area contributed by atoms with Crippen LogP contribution in [-0.4, -0.2) is 26.9 Å². The number of carbonyl (C=O) groups is 2. The number of nitrogens with two attached hydrogens (primary N) is 1. The van der Waals surface area contributed by atoms with Crippen LogP contribution in [0, 0.1) is 5.92 Å². The maximum absolute atomic E-state index is 11.9. The number of primary sulfonamides is 1. The Labute approximate surface area is 155 Å². The molecule has 0 spiro atoms. The normalized spacial score (nSPS) is 15.6. The molecule has 3 N–H and O–H groups in total. The fourth-order valence-corrected chi connectivity index (χ4v) is 3.88. The molecule has 1 aromatic rings. The van der Waals surface area contributed by atoms with Crippen molar-refractivity contribution in [3.05, 3.63) is 22.2 Å². The number of amides is 1. The third-order valence-corrected chi connectivity index (χ3v) is 5.38. The first kappa shape index (κ1) is 20.0. The minimum atomic E-state index is -3.98. The smallest absolute Gasteiger partial charge is 0.309 e. The van der Waals surface area contributed by atoms with Crippen LogP contribution in [0.3, 0.4) is 0 Å². The van der Waals surface area contributed by atoms with Crippen molar-refractivity contribution >= 4 is 50.8 Å². The van der Waals surface area contributed by atoms with Crippen molar-refractivity contribution in [3.63, 3.8) is 0 Å². The first-order valence-corrected chi connectivity index (χ1v) is 9.97. The Hall–Kier alpha value is -1.35. The highest BCUT2D eigenvalue weighted by Gasteiger charge is 2.23. The van der Waals surface area contributed by atoms with Crippen LogP contribution >= 0.6 is 23.2 Å². The van der Waals surface area contributed by atoms with E-state index in [1.807, 2.05) is 0 Å². The predicted octanol–water partition coefficient (Wildman–Crippen LogP) is 2.70. The molecule has 1 aliphatic rings.